The van der Waals surface area contributed by atoms with E-state index in [0.717, 1.165) is 38.5 Å². The molecule has 0 bridgehead atoms. The molecule has 0 amide bonds. The number of carbonyl (C=O) groups excluding carboxylic acids is 1. The first-order valence-electron chi connectivity index (χ1n) is 7.08. The first-order chi connectivity index (χ1) is 8.71. The topological polar surface area (TPSA) is 26.3 Å². The van der Waals surface area contributed by atoms with Gasteiger partial charge in [0.25, 0.3) is 0 Å². The Balaban J connectivity index is 2.61. The maximum Gasteiger partial charge on any atom is 0.144 e. The second-order valence-corrected chi connectivity index (χ2v) is 5.09. The van der Waals surface area contributed by atoms with Gasteiger partial charge in [-0.05, 0) is 45.4 Å². The zero-order valence-corrected chi connectivity index (χ0v) is 11.6. The predicted octanol–water partition coefficient (Wildman–Crippen LogP) is 4.06. The van der Waals surface area contributed by atoms with Crippen LogP contribution in [0.15, 0.2) is 25.3 Å². The van der Waals surface area contributed by atoms with Crippen molar-refractivity contribution < 1.29 is 9.53 Å². The van der Waals surface area contributed by atoms with E-state index in [4.69, 9.17) is 4.74 Å². The average molecular weight is 250 g/mol. The SMILES string of the molecule is C=CCCCC1(CCCC=C)C(=O)CC1OCC. The summed E-state index contributed by atoms with van der Waals surface area (Å²) < 4.78 is 5.75. The fraction of sp³-hybridized carbons (Fsp3) is 0.688. The molecular weight excluding hydrogens is 224 g/mol. The van der Waals surface area contributed by atoms with E-state index in [1.165, 1.54) is 0 Å². The highest BCUT2D eigenvalue weighted by atomic mass is 16.5. The molecule has 2 nitrogen and oxygen atoms in total. The Labute approximate surface area is 111 Å². The van der Waals surface area contributed by atoms with Crippen molar-refractivity contribution in [2.75, 3.05) is 6.61 Å². The third-order valence-corrected chi connectivity index (χ3v) is 3.97. The van der Waals surface area contributed by atoms with Crippen LogP contribution in [0.1, 0.15) is 51.9 Å². The quantitative estimate of drug-likeness (QED) is 0.431. The van der Waals surface area contributed by atoms with Gasteiger partial charge in [-0.2, -0.15) is 0 Å². The summed E-state index contributed by atoms with van der Waals surface area (Å²) in [5.74, 6) is 0.397. The molecule has 1 rings (SSSR count). The lowest BCUT2D eigenvalue weighted by atomic mass is 9.59. The van der Waals surface area contributed by atoms with Crippen LogP contribution in [0.3, 0.4) is 0 Å². The summed E-state index contributed by atoms with van der Waals surface area (Å²) in [5.41, 5.74) is -0.206. The van der Waals surface area contributed by atoms with Gasteiger partial charge in [-0.25, -0.2) is 0 Å². The van der Waals surface area contributed by atoms with Crippen LogP contribution < -0.4 is 0 Å². The van der Waals surface area contributed by atoms with Crippen molar-refractivity contribution in [3.05, 3.63) is 25.3 Å². The van der Waals surface area contributed by atoms with E-state index >= 15 is 0 Å². The van der Waals surface area contributed by atoms with Crippen molar-refractivity contribution in [1.29, 1.82) is 0 Å². The molecule has 0 aromatic rings. The van der Waals surface area contributed by atoms with Crippen LogP contribution in [-0.4, -0.2) is 18.5 Å². The number of ether oxygens (including phenoxy) is 1. The first kappa shape index (κ1) is 15.2. The van der Waals surface area contributed by atoms with Crippen molar-refractivity contribution in [3.63, 3.8) is 0 Å². The minimum atomic E-state index is -0.206. The number of unbranched alkanes of at least 4 members (excludes halogenated alkanes) is 2. The van der Waals surface area contributed by atoms with Gasteiger partial charge in [0.15, 0.2) is 0 Å². The van der Waals surface area contributed by atoms with Crippen LogP contribution >= 0.6 is 0 Å². The third kappa shape index (κ3) is 3.32. The Morgan fingerprint density at radius 3 is 2.22 bits per heavy atom. The van der Waals surface area contributed by atoms with Crippen molar-refractivity contribution in [3.8, 4) is 0 Å². The van der Waals surface area contributed by atoms with E-state index < -0.39 is 0 Å². The highest BCUT2D eigenvalue weighted by Gasteiger charge is 2.53. The molecule has 0 spiro atoms. The van der Waals surface area contributed by atoms with Crippen LogP contribution in [-0.2, 0) is 9.53 Å². The van der Waals surface area contributed by atoms with Crippen LogP contribution in [0, 0.1) is 5.41 Å². The lowest BCUT2D eigenvalue weighted by Gasteiger charge is -2.47. The number of hydrogen-bond acceptors (Lipinski definition) is 2. The summed E-state index contributed by atoms with van der Waals surface area (Å²) in [7, 11) is 0. The van der Waals surface area contributed by atoms with E-state index in [1.807, 2.05) is 19.1 Å². The Hall–Kier alpha value is -0.890. The summed E-state index contributed by atoms with van der Waals surface area (Å²) >= 11 is 0. The van der Waals surface area contributed by atoms with E-state index in [2.05, 4.69) is 13.2 Å². The zero-order chi connectivity index (χ0) is 13.4. The molecule has 0 N–H and O–H groups in total. The third-order valence-electron chi connectivity index (χ3n) is 3.97. The molecule has 0 aromatic carbocycles. The van der Waals surface area contributed by atoms with Crippen molar-refractivity contribution in [2.45, 2.75) is 58.0 Å². The predicted molar refractivity (Wildman–Crippen MR) is 75.6 cm³/mol. The second-order valence-electron chi connectivity index (χ2n) is 5.09. The Kier molecular flexibility index (Phi) is 6.34. The van der Waals surface area contributed by atoms with Crippen molar-refractivity contribution >= 4 is 5.78 Å². The minimum Gasteiger partial charge on any atom is -0.377 e. The molecule has 1 aliphatic rings. The van der Waals surface area contributed by atoms with Crippen LogP contribution in [0.25, 0.3) is 0 Å². The molecule has 2 heteroatoms. The lowest BCUT2D eigenvalue weighted by molar-refractivity contribution is -0.166. The van der Waals surface area contributed by atoms with Gasteiger partial charge in [0, 0.05) is 13.0 Å². The highest BCUT2D eigenvalue weighted by molar-refractivity contribution is 5.92. The maximum atomic E-state index is 12.1. The van der Waals surface area contributed by atoms with Gasteiger partial charge in [0.05, 0.1) is 11.5 Å². The summed E-state index contributed by atoms with van der Waals surface area (Å²) in [4.78, 5) is 12.1. The summed E-state index contributed by atoms with van der Waals surface area (Å²) in [6, 6.07) is 0. The summed E-state index contributed by atoms with van der Waals surface area (Å²) in [6.45, 7) is 10.2. The number of carbonyl (C=O) groups is 1. The second kappa shape index (κ2) is 7.52. The molecule has 0 aromatic heterocycles. The molecule has 1 atom stereocenters. The maximum absolute atomic E-state index is 12.1. The van der Waals surface area contributed by atoms with Gasteiger partial charge in [0.2, 0.25) is 0 Å². The lowest BCUT2D eigenvalue weighted by Crippen LogP contribution is -2.55. The first-order valence-corrected chi connectivity index (χ1v) is 7.08. The molecule has 102 valence electrons. The Morgan fingerprint density at radius 2 is 1.83 bits per heavy atom. The monoisotopic (exact) mass is 250 g/mol. The fourth-order valence-electron chi connectivity index (χ4n) is 2.88. The van der Waals surface area contributed by atoms with Gasteiger partial charge in [-0.1, -0.05) is 12.2 Å². The van der Waals surface area contributed by atoms with Gasteiger partial charge in [-0.3, -0.25) is 4.79 Å². The van der Waals surface area contributed by atoms with Crippen molar-refractivity contribution in [2.24, 2.45) is 5.41 Å². The minimum absolute atomic E-state index is 0.143. The van der Waals surface area contributed by atoms with Crippen molar-refractivity contribution in [1.82, 2.24) is 0 Å². The largest absolute Gasteiger partial charge is 0.377 e. The summed E-state index contributed by atoms with van der Waals surface area (Å²) in [6.07, 6.45) is 10.5. The van der Waals surface area contributed by atoms with E-state index in [0.29, 0.717) is 18.8 Å². The summed E-state index contributed by atoms with van der Waals surface area (Å²) in [5, 5.41) is 0. The van der Waals surface area contributed by atoms with E-state index in [-0.39, 0.29) is 11.5 Å². The van der Waals surface area contributed by atoms with Gasteiger partial charge >= 0.3 is 0 Å². The van der Waals surface area contributed by atoms with Crippen LogP contribution in [0.2, 0.25) is 0 Å². The molecule has 0 radical (unpaired) electrons. The number of Topliss-reactive ketones (excluding diaryl/α,β-unsaturated/α-hetero) is 1. The molecule has 1 aliphatic carbocycles. The molecule has 1 unspecified atom stereocenters. The Morgan fingerprint density at radius 1 is 1.28 bits per heavy atom. The molecule has 1 fully saturated rings. The fourth-order valence-corrected chi connectivity index (χ4v) is 2.88. The zero-order valence-electron chi connectivity index (χ0n) is 11.6. The van der Waals surface area contributed by atoms with Crippen LogP contribution in [0.4, 0.5) is 0 Å². The normalized spacial score (nSPS) is 21.4. The molecular formula is C16H26O2. The molecule has 1 saturated carbocycles. The van der Waals surface area contributed by atoms with Crippen LogP contribution in [0.5, 0.6) is 0 Å². The van der Waals surface area contributed by atoms with E-state index in [1.54, 1.807) is 0 Å². The smallest absolute Gasteiger partial charge is 0.144 e. The number of hydrogen-bond donors (Lipinski definition) is 0. The number of rotatable bonds is 10. The van der Waals surface area contributed by atoms with E-state index in [9.17, 15) is 4.79 Å². The molecule has 0 aliphatic heterocycles. The van der Waals surface area contributed by atoms with Gasteiger partial charge < -0.3 is 4.74 Å². The number of allylic oxidation sites excluding steroid dienone is 2. The number of ketones is 1. The standard InChI is InChI=1S/C16H26O2/c1-4-7-9-11-16(12-10-8-5-2)14(17)13-15(16)18-6-3/h4-5,15H,1-2,6-13H2,3H3. The van der Waals surface area contributed by atoms with Gasteiger partial charge in [0.1, 0.15) is 5.78 Å². The molecule has 0 heterocycles. The molecule has 18 heavy (non-hydrogen) atoms. The highest BCUT2D eigenvalue weighted by Crippen LogP contribution is 2.48. The Bertz CT molecular complexity index is 279. The van der Waals surface area contributed by atoms with Gasteiger partial charge in [-0.15, -0.1) is 13.2 Å². The average Bonchev–Trinajstić information content (AvgIpc) is 2.37. The molecule has 0 saturated heterocycles.